The van der Waals surface area contributed by atoms with Crippen molar-refractivity contribution in [3.8, 4) is 24.1 Å². The Balaban J connectivity index is 1.54. The lowest BCUT2D eigenvalue weighted by atomic mass is 10.2. The highest BCUT2D eigenvalue weighted by atomic mass is 16.7. The van der Waals surface area contributed by atoms with Gasteiger partial charge in [0.15, 0.2) is 0 Å². The van der Waals surface area contributed by atoms with Gasteiger partial charge in [-0.1, -0.05) is 5.92 Å². The van der Waals surface area contributed by atoms with Crippen molar-refractivity contribution in [2.24, 2.45) is 0 Å². The quantitative estimate of drug-likeness (QED) is 0.465. The number of terminal acetylenes is 1. The second-order valence-corrected chi connectivity index (χ2v) is 5.13. The standard InChI is InChI=1S/C18H14N2O5/c1-2-13-5-7-15(8-6-13)23-11-3-4-14-12-20-18(19-14)24-16(21)9-10-17(22)25-20/h1,5-10,12H,3-4,11H2/b10-9-. The summed E-state index contributed by atoms with van der Waals surface area (Å²) < 4.78 is 11.6. The number of ether oxygens (including phenoxy) is 2. The Morgan fingerprint density at radius 1 is 1.16 bits per heavy atom. The molecule has 0 radical (unpaired) electrons. The topological polar surface area (TPSA) is 79.7 Å². The van der Waals surface area contributed by atoms with Crippen molar-refractivity contribution in [2.45, 2.75) is 12.8 Å². The number of benzene rings is 1. The van der Waals surface area contributed by atoms with Crippen LogP contribution in [0.5, 0.6) is 11.8 Å². The maximum atomic E-state index is 11.4. The van der Waals surface area contributed by atoms with E-state index in [1.54, 1.807) is 0 Å². The Hall–Kier alpha value is -3.53. The van der Waals surface area contributed by atoms with Crippen LogP contribution in [0.25, 0.3) is 0 Å². The predicted octanol–water partition coefficient (Wildman–Crippen LogP) is 1.31. The van der Waals surface area contributed by atoms with Gasteiger partial charge in [0.05, 0.1) is 18.5 Å². The molecule has 0 atom stereocenters. The van der Waals surface area contributed by atoms with Gasteiger partial charge in [0, 0.05) is 17.7 Å². The maximum absolute atomic E-state index is 11.4. The van der Waals surface area contributed by atoms with E-state index in [-0.39, 0.29) is 6.01 Å². The van der Waals surface area contributed by atoms with Crippen LogP contribution in [0, 0.1) is 12.3 Å². The predicted molar refractivity (Wildman–Crippen MR) is 86.8 cm³/mol. The first kappa shape index (κ1) is 16.3. The van der Waals surface area contributed by atoms with Gasteiger partial charge in [-0.15, -0.1) is 11.2 Å². The third-order valence-electron chi connectivity index (χ3n) is 3.30. The van der Waals surface area contributed by atoms with Crippen LogP contribution in [0.15, 0.2) is 42.6 Å². The van der Waals surface area contributed by atoms with E-state index in [4.69, 9.17) is 20.7 Å². The van der Waals surface area contributed by atoms with Gasteiger partial charge in [0.1, 0.15) is 5.75 Å². The lowest BCUT2D eigenvalue weighted by molar-refractivity contribution is -0.142. The molecule has 0 N–H and O–H groups in total. The van der Waals surface area contributed by atoms with Crippen LogP contribution < -0.4 is 14.3 Å². The highest BCUT2D eigenvalue weighted by Crippen LogP contribution is 2.15. The molecule has 0 fully saturated rings. The van der Waals surface area contributed by atoms with Gasteiger partial charge < -0.3 is 14.3 Å². The minimum Gasteiger partial charge on any atom is -0.494 e. The van der Waals surface area contributed by atoms with Crippen molar-refractivity contribution < 1.29 is 23.9 Å². The molecular weight excluding hydrogens is 324 g/mol. The van der Waals surface area contributed by atoms with E-state index in [9.17, 15) is 9.59 Å². The largest absolute Gasteiger partial charge is 0.494 e. The number of esters is 1. The first-order valence-corrected chi connectivity index (χ1v) is 7.54. The molecule has 0 saturated carbocycles. The zero-order valence-electron chi connectivity index (χ0n) is 13.2. The number of hydrogen-bond donors (Lipinski definition) is 0. The van der Waals surface area contributed by atoms with Crippen molar-refractivity contribution in [2.75, 3.05) is 6.61 Å². The van der Waals surface area contributed by atoms with Crippen LogP contribution in [-0.4, -0.2) is 28.3 Å². The van der Waals surface area contributed by atoms with E-state index in [0.717, 1.165) is 28.2 Å². The first-order chi connectivity index (χ1) is 12.1. The summed E-state index contributed by atoms with van der Waals surface area (Å²) in [5.41, 5.74) is 1.41. The van der Waals surface area contributed by atoms with Crippen LogP contribution in [-0.2, 0) is 16.0 Å². The summed E-state index contributed by atoms with van der Waals surface area (Å²) in [6, 6.07) is 7.15. The Kier molecular flexibility index (Phi) is 4.81. The van der Waals surface area contributed by atoms with E-state index in [0.29, 0.717) is 25.1 Å². The van der Waals surface area contributed by atoms with Crippen LogP contribution in [0.1, 0.15) is 17.7 Å². The summed E-state index contributed by atoms with van der Waals surface area (Å²) >= 11 is 0. The van der Waals surface area contributed by atoms with Crippen LogP contribution in [0.2, 0.25) is 0 Å². The SMILES string of the molecule is C#Cc1ccc(OCCCc2cn3c(n2)OC(=O)/C=C\C(=O)O3)cc1. The Bertz CT molecular complexity index is 821. The third kappa shape index (κ3) is 4.26. The van der Waals surface area contributed by atoms with Crippen LogP contribution >= 0.6 is 0 Å². The summed E-state index contributed by atoms with van der Waals surface area (Å²) in [5.74, 6) is 1.90. The fourth-order valence-corrected chi connectivity index (χ4v) is 2.12. The average Bonchev–Trinajstić information content (AvgIpc) is 2.97. The highest BCUT2D eigenvalue weighted by molar-refractivity contribution is 5.93. The van der Waals surface area contributed by atoms with Crippen molar-refractivity contribution in [3.63, 3.8) is 0 Å². The molecule has 0 saturated heterocycles. The molecule has 2 aromatic rings. The summed E-state index contributed by atoms with van der Waals surface area (Å²) in [4.78, 5) is 31.9. The number of nitrogens with zero attached hydrogens (tertiary/aromatic N) is 2. The number of carbonyl (C=O) groups is 2. The molecule has 25 heavy (non-hydrogen) atoms. The van der Waals surface area contributed by atoms with Gasteiger partial charge in [-0.3, -0.25) is 0 Å². The molecule has 1 aromatic heterocycles. The van der Waals surface area contributed by atoms with Gasteiger partial charge in [-0.25, -0.2) is 9.59 Å². The molecule has 0 bridgehead atoms. The lowest BCUT2D eigenvalue weighted by Crippen LogP contribution is -2.22. The number of hydrogen-bond acceptors (Lipinski definition) is 6. The lowest BCUT2D eigenvalue weighted by Gasteiger charge is -2.06. The van der Waals surface area contributed by atoms with Gasteiger partial charge in [0.2, 0.25) is 0 Å². The smallest absolute Gasteiger partial charge is 0.356 e. The van der Waals surface area contributed by atoms with E-state index in [1.807, 2.05) is 24.3 Å². The summed E-state index contributed by atoms with van der Waals surface area (Å²) in [5, 5.41) is 0. The normalized spacial score (nSPS) is 14.4. The first-order valence-electron chi connectivity index (χ1n) is 7.54. The molecule has 1 aliphatic rings. The monoisotopic (exact) mass is 338 g/mol. The summed E-state index contributed by atoms with van der Waals surface area (Å²) in [6.45, 7) is 0.471. The van der Waals surface area contributed by atoms with E-state index in [2.05, 4.69) is 10.9 Å². The molecule has 3 rings (SSSR count). The Morgan fingerprint density at radius 3 is 2.68 bits per heavy atom. The van der Waals surface area contributed by atoms with Crippen molar-refractivity contribution in [1.29, 1.82) is 0 Å². The molecule has 7 nitrogen and oxygen atoms in total. The molecule has 2 heterocycles. The van der Waals surface area contributed by atoms with Crippen LogP contribution in [0.4, 0.5) is 0 Å². The molecule has 0 aliphatic carbocycles. The minimum atomic E-state index is -0.686. The highest BCUT2D eigenvalue weighted by Gasteiger charge is 2.17. The number of carbonyl (C=O) groups excluding carboxylic acids is 2. The molecule has 1 aromatic carbocycles. The zero-order chi connectivity index (χ0) is 17.6. The Morgan fingerprint density at radius 2 is 1.92 bits per heavy atom. The van der Waals surface area contributed by atoms with Gasteiger partial charge in [0.25, 0.3) is 0 Å². The molecule has 0 unspecified atom stereocenters. The molecule has 0 spiro atoms. The molecule has 1 aliphatic heterocycles. The second-order valence-electron chi connectivity index (χ2n) is 5.13. The minimum absolute atomic E-state index is 0.0801. The third-order valence-corrected chi connectivity index (χ3v) is 3.30. The summed E-state index contributed by atoms with van der Waals surface area (Å²) in [7, 11) is 0. The van der Waals surface area contributed by atoms with E-state index >= 15 is 0 Å². The summed E-state index contributed by atoms with van der Waals surface area (Å²) in [6.07, 6.45) is 10.0. The van der Waals surface area contributed by atoms with Crippen molar-refractivity contribution >= 4 is 11.9 Å². The number of aromatic nitrogens is 2. The van der Waals surface area contributed by atoms with Crippen LogP contribution in [0.3, 0.4) is 0 Å². The van der Waals surface area contributed by atoms with Gasteiger partial charge >= 0.3 is 17.9 Å². The molecule has 126 valence electrons. The number of aryl methyl sites for hydroxylation is 1. The number of fused-ring (bicyclic) bond motifs is 1. The fraction of sp³-hybridized carbons (Fsp3) is 0.167. The molecular formula is C18H14N2O5. The fourth-order valence-electron chi connectivity index (χ4n) is 2.12. The molecule has 0 amide bonds. The van der Waals surface area contributed by atoms with Crippen molar-refractivity contribution in [3.05, 3.63) is 53.9 Å². The number of imidazole rings is 1. The number of rotatable bonds is 5. The van der Waals surface area contributed by atoms with E-state index in [1.165, 1.54) is 6.20 Å². The molecule has 7 heteroatoms. The second kappa shape index (κ2) is 7.36. The van der Waals surface area contributed by atoms with E-state index < -0.39 is 11.9 Å². The maximum Gasteiger partial charge on any atom is 0.356 e. The Labute approximate surface area is 143 Å². The van der Waals surface area contributed by atoms with Gasteiger partial charge in [-0.2, -0.15) is 4.98 Å². The zero-order valence-corrected chi connectivity index (χ0v) is 13.2. The average molecular weight is 338 g/mol. The van der Waals surface area contributed by atoms with Gasteiger partial charge in [-0.05, 0) is 37.1 Å². The van der Waals surface area contributed by atoms with Crippen molar-refractivity contribution in [1.82, 2.24) is 9.71 Å².